The van der Waals surface area contributed by atoms with Crippen molar-refractivity contribution in [2.45, 2.75) is 45.3 Å². The Kier molecular flexibility index (Phi) is 5.23. The average molecular weight is 263 g/mol. The van der Waals surface area contributed by atoms with E-state index in [0.717, 1.165) is 25.4 Å². The molecule has 106 valence electrons. The van der Waals surface area contributed by atoms with Crippen LogP contribution in [0.5, 0.6) is 5.75 Å². The molecule has 0 bridgehead atoms. The number of ether oxygens (including phenoxy) is 2. The standard InChI is InChI=1S/C16H25NO2/c1-12-6-7-15(13(2)17-3)16(11-12)19-10-8-14-5-4-9-18-14/h6-7,11,13-14,17H,4-5,8-10H2,1-3H3. The van der Waals surface area contributed by atoms with Gasteiger partial charge in [-0.15, -0.1) is 0 Å². The molecular weight excluding hydrogens is 238 g/mol. The van der Waals surface area contributed by atoms with Gasteiger partial charge in [0.25, 0.3) is 0 Å². The fraction of sp³-hybridized carbons (Fsp3) is 0.625. The topological polar surface area (TPSA) is 30.5 Å². The maximum atomic E-state index is 5.98. The average Bonchev–Trinajstić information content (AvgIpc) is 2.91. The maximum Gasteiger partial charge on any atom is 0.124 e. The Morgan fingerprint density at radius 1 is 1.47 bits per heavy atom. The predicted octanol–water partition coefficient (Wildman–Crippen LogP) is 3.22. The van der Waals surface area contributed by atoms with Crippen LogP contribution in [0.25, 0.3) is 0 Å². The van der Waals surface area contributed by atoms with E-state index in [1.54, 1.807) is 0 Å². The molecule has 0 radical (unpaired) electrons. The lowest BCUT2D eigenvalue weighted by atomic mass is 10.1. The van der Waals surface area contributed by atoms with Gasteiger partial charge in [-0.2, -0.15) is 0 Å². The highest BCUT2D eigenvalue weighted by Gasteiger charge is 2.16. The van der Waals surface area contributed by atoms with Crippen LogP contribution in [-0.2, 0) is 4.74 Å². The lowest BCUT2D eigenvalue weighted by molar-refractivity contribution is 0.0901. The lowest BCUT2D eigenvalue weighted by Gasteiger charge is -2.18. The summed E-state index contributed by atoms with van der Waals surface area (Å²) in [5, 5.41) is 3.27. The van der Waals surface area contributed by atoms with E-state index in [4.69, 9.17) is 9.47 Å². The minimum atomic E-state index is 0.304. The van der Waals surface area contributed by atoms with Crippen molar-refractivity contribution in [2.24, 2.45) is 0 Å². The summed E-state index contributed by atoms with van der Waals surface area (Å²) >= 11 is 0. The summed E-state index contributed by atoms with van der Waals surface area (Å²) in [7, 11) is 1.97. The van der Waals surface area contributed by atoms with Gasteiger partial charge in [-0.3, -0.25) is 0 Å². The number of hydrogen-bond acceptors (Lipinski definition) is 3. The van der Waals surface area contributed by atoms with E-state index >= 15 is 0 Å². The van der Waals surface area contributed by atoms with Gasteiger partial charge in [-0.1, -0.05) is 12.1 Å². The maximum absolute atomic E-state index is 5.98. The summed E-state index contributed by atoms with van der Waals surface area (Å²) in [5.41, 5.74) is 2.46. The van der Waals surface area contributed by atoms with Gasteiger partial charge in [-0.05, 0) is 45.4 Å². The minimum absolute atomic E-state index is 0.304. The Hall–Kier alpha value is -1.06. The van der Waals surface area contributed by atoms with Crippen molar-refractivity contribution in [2.75, 3.05) is 20.3 Å². The molecule has 0 amide bonds. The van der Waals surface area contributed by atoms with Gasteiger partial charge >= 0.3 is 0 Å². The van der Waals surface area contributed by atoms with Gasteiger partial charge in [0.2, 0.25) is 0 Å². The first-order chi connectivity index (χ1) is 9.20. The first-order valence-corrected chi connectivity index (χ1v) is 7.23. The third-order valence-corrected chi connectivity index (χ3v) is 3.79. The zero-order valence-corrected chi connectivity index (χ0v) is 12.2. The van der Waals surface area contributed by atoms with Crippen molar-refractivity contribution in [3.8, 4) is 5.75 Å². The van der Waals surface area contributed by atoms with E-state index in [-0.39, 0.29) is 0 Å². The van der Waals surface area contributed by atoms with E-state index in [2.05, 4.69) is 37.4 Å². The molecule has 1 saturated heterocycles. The quantitative estimate of drug-likeness (QED) is 0.855. The van der Waals surface area contributed by atoms with Gasteiger partial charge < -0.3 is 14.8 Å². The highest BCUT2D eigenvalue weighted by Crippen LogP contribution is 2.27. The summed E-state index contributed by atoms with van der Waals surface area (Å²) in [6, 6.07) is 6.71. The molecule has 1 heterocycles. The second kappa shape index (κ2) is 6.92. The van der Waals surface area contributed by atoms with Crippen molar-refractivity contribution >= 4 is 0 Å². The first-order valence-electron chi connectivity index (χ1n) is 7.23. The van der Waals surface area contributed by atoms with Crippen molar-refractivity contribution in [1.29, 1.82) is 0 Å². The Labute approximate surface area is 116 Å². The van der Waals surface area contributed by atoms with Crippen LogP contribution < -0.4 is 10.1 Å². The molecule has 19 heavy (non-hydrogen) atoms. The van der Waals surface area contributed by atoms with Gasteiger partial charge in [0, 0.05) is 24.6 Å². The number of aryl methyl sites for hydroxylation is 1. The molecule has 0 spiro atoms. The summed E-state index contributed by atoms with van der Waals surface area (Å²) in [4.78, 5) is 0. The van der Waals surface area contributed by atoms with Crippen LogP contribution in [0.15, 0.2) is 18.2 Å². The molecule has 3 nitrogen and oxygen atoms in total. The van der Waals surface area contributed by atoms with Crippen molar-refractivity contribution in [3.05, 3.63) is 29.3 Å². The van der Waals surface area contributed by atoms with Crippen LogP contribution in [0.1, 0.15) is 43.4 Å². The van der Waals surface area contributed by atoms with Crippen LogP contribution in [-0.4, -0.2) is 26.4 Å². The van der Waals surface area contributed by atoms with E-state index in [9.17, 15) is 0 Å². The lowest BCUT2D eigenvalue weighted by Crippen LogP contribution is -2.15. The molecule has 1 fully saturated rings. The van der Waals surface area contributed by atoms with Gasteiger partial charge in [0.05, 0.1) is 12.7 Å². The molecule has 0 aliphatic carbocycles. The highest BCUT2D eigenvalue weighted by molar-refractivity contribution is 5.39. The van der Waals surface area contributed by atoms with Crippen LogP contribution in [0, 0.1) is 6.92 Å². The minimum Gasteiger partial charge on any atom is -0.493 e. The van der Waals surface area contributed by atoms with Gasteiger partial charge in [0.15, 0.2) is 0 Å². The van der Waals surface area contributed by atoms with Crippen LogP contribution >= 0.6 is 0 Å². The predicted molar refractivity (Wildman–Crippen MR) is 77.7 cm³/mol. The van der Waals surface area contributed by atoms with E-state index in [1.807, 2.05) is 7.05 Å². The normalized spacial score (nSPS) is 20.5. The van der Waals surface area contributed by atoms with Crippen molar-refractivity contribution in [1.82, 2.24) is 5.32 Å². The second-order valence-electron chi connectivity index (χ2n) is 5.32. The number of benzene rings is 1. The molecule has 2 rings (SSSR count). The number of nitrogens with one attached hydrogen (secondary N) is 1. The van der Waals surface area contributed by atoms with E-state index < -0.39 is 0 Å². The Morgan fingerprint density at radius 2 is 2.32 bits per heavy atom. The Morgan fingerprint density at radius 3 is 3.00 bits per heavy atom. The molecule has 2 atom stereocenters. The summed E-state index contributed by atoms with van der Waals surface area (Å²) in [5.74, 6) is 1.000. The van der Waals surface area contributed by atoms with E-state index in [1.165, 1.54) is 24.0 Å². The molecular formula is C16H25NO2. The number of rotatable bonds is 6. The summed E-state index contributed by atoms with van der Waals surface area (Å²) < 4.78 is 11.6. The largest absolute Gasteiger partial charge is 0.493 e. The summed E-state index contributed by atoms with van der Waals surface area (Å²) in [6.45, 7) is 5.90. The van der Waals surface area contributed by atoms with Crippen LogP contribution in [0.2, 0.25) is 0 Å². The molecule has 1 aliphatic heterocycles. The van der Waals surface area contributed by atoms with Crippen molar-refractivity contribution in [3.63, 3.8) is 0 Å². The fourth-order valence-electron chi connectivity index (χ4n) is 2.45. The first kappa shape index (κ1) is 14.4. The molecule has 1 N–H and O–H groups in total. The molecule has 1 aliphatic rings. The van der Waals surface area contributed by atoms with E-state index in [0.29, 0.717) is 12.1 Å². The molecule has 3 heteroatoms. The SMILES string of the molecule is CNC(C)c1ccc(C)cc1OCCC1CCCO1. The molecule has 0 saturated carbocycles. The van der Waals surface area contributed by atoms with Crippen LogP contribution in [0.3, 0.4) is 0 Å². The second-order valence-corrected chi connectivity index (χ2v) is 5.32. The van der Waals surface area contributed by atoms with Gasteiger partial charge in [0.1, 0.15) is 5.75 Å². The third-order valence-electron chi connectivity index (χ3n) is 3.79. The van der Waals surface area contributed by atoms with Crippen molar-refractivity contribution < 1.29 is 9.47 Å². The molecule has 1 aromatic rings. The van der Waals surface area contributed by atoms with Crippen LogP contribution in [0.4, 0.5) is 0 Å². The third kappa shape index (κ3) is 3.95. The fourth-order valence-corrected chi connectivity index (χ4v) is 2.45. The van der Waals surface area contributed by atoms with Gasteiger partial charge in [-0.25, -0.2) is 0 Å². The zero-order valence-electron chi connectivity index (χ0n) is 12.2. The molecule has 1 aromatic carbocycles. The smallest absolute Gasteiger partial charge is 0.124 e. The summed E-state index contributed by atoms with van der Waals surface area (Å²) in [6.07, 6.45) is 3.75. The molecule has 0 aromatic heterocycles. The Bertz CT molecular complexity index is 400. The molecule has 2 unspecified atom stereocenters. The monoisotopic (exact) mass is 263 g/mol. The number of hydrogen-bond donors (Lipinski definition) is 1. The Balaban J connectivity index is 1.95. The highest BCUT2D eigenvalue weighted by atomic mass is 16.5. The zero-order chi connectivity index (χ0) is 13.7.